The molecule has 0 amide bonds. The van der Waals surface area contributed by atoms with Gasteiger partial charge in [-0.1, -0.05) is 77.9 Å². The van der Waals surface area contributed by atoms with Crippen LogP contribution in [0.1, 0.15) is 62.3 Å². The van der Waals surface area contributed by atoms with Gasteiger partial charge < -0.3 is 18.6 Å². The van der Waals surface area contributed by atoms with Crippen LogP contribution in [0.5, 0.6) is 0 Å². The number of rotatable bonds is 10. The van der Waals surface area contributed by atoms with Crippen LogP contribution in [0.3, 0.4) is 0 Å². The molecule has 2 aromatic carbocycles. The topological polar surface area (TPSA) is 71.1 Å². The van der Waals surface area contributed by atoms with Gasteiger partial charge in [-0.2, -0.15) is 0 Å². The normalized spacial score (nSPS) is 22.3. The molecule has 2 aromatic rings. The third-order valence-corrected chi connectivity index (χ3v) is 13.0. The monoisotopic (exact) mass is 516 g/mol. The summed E-state index contributed by atoms with van der Waals surface area (Å²) in [6, 6.07) is 16.9. The van der Waals surface area contributed by atoms with E-state index in [1.54, 1.807) is 60.7 Å². The molecule has 1 fully saturated rings. The minimum atomic E-state index is -2.51. The molecule has 4 atom stereocenters. The summed E-state index contributed by atoms with van der Waals surface area (Å²) < 4.78 is 39.5. The Hall–Kier alpha value is -2.55. The molecule has 0 aromatic heterocycles. The Morgan fingerprint density at radius 2 is 1.31 bits per heavy atom. The zero-order chi connectivity index (χ0) is 26.5. The van der Waals surface area contributed by atoms with Gasteiger partial charge in [0.05, 0.1) is 11.1 Å². The molecule has 3 rings (SSSR count). The highest BCUT2D eigenvalue weighted by Crippen LogP contribution is 2.45. The number of alkyl halides is 1. The molecule has 196 valence electrons. The summed E-state index contributed by atoms with van der Waals surface area (Å²) in [4.78, 5) is 25.3. The van der Waals surface area contributed by atoms with Gasteiger partial charge in [0.2, 0.25) is 8.32 Å². The number of carbonyl (C=O) groups is 2. The quantitative estimate of drug-likeness (QED) is 0.272. The third-order valence-electron chi connectivity index (χ3n) is 6.92. The molecule has 6 nitrogen and oxygen atoms in total. The summed E-state index contributed by atoms with van der Waals surface area (Å²) >= 11 is 0. The van der Waals surface area contributed by atoms with Gasteiger partial charge in [-0.15, -0.1) is 0 Å². The molecule has 1 aliphatic heterocycles. The minimum Gasteiger partial charge on any atom is -0.459 e. The van der Waals surface area contributed by atoms with E-state index in [0.717, 1.165) is 0 Å². The van der Waals surface area contributed by atoms with Crippen LogP contribution in [0.4, 0.5) is 4.39 Å². The largest absolute Gasteiger partial charge is 0.459 e. The van der Waals surface area contributed by atoms with E-state index in [-0.39, 0.29) is 23.2 Å². The van der Waals surface area contributed by atoms with Crippen molar-refractivity contribution in [2.45, 2.75) is 82.8 Å². The second-order valence-electron chi connectivity index (χ2n) is 10.1. The Bertz CT molecular complexity index is 976. The lowest BCUT2D eigenvalue weighted by Crippen LogP contribution is -2.52. The number of ether oxygens (including phenoxy) is 3. The molecular formula is C28H37FO6Si. The van der Waals surface area contributed by atoms with E-state index < -0.39 is 44.9 Å². The summed E-state index contributed by atoms with van der Waals surface area (Å²) in [6.07, 6.45) is -5.26. The second-order valence-corrected chi connectivity index (χ2v) is 15.5. The van der Waals surface area contributed by atoms with Crippen LogP contribution in [0.15, 0.2) is 60.7 Å². The van der Waals surface area contributed by atoms with Crippen LogP contribution in [-0.2, 0) is 18.6 Å². The predicted molar refractivity (Wildman–Crippen MR) is 138 cm³/mol. The van der Waals surface area contributed by atoms with Crippen molar-refractivity contribution in [3.8, 4) is 0 Å². The van der Waals surface area contributed by atoms with Gasteiger partial charge in [0.15, 0.2) is 18.6 Å². The van der Waals surface area contributed by atoms with Crippen molar-refractivity contribution in [1.82, 2.24) is 0 Å². The van der Waals surface area contributed by atoms with E-state index in [9.17, 15) is 9.59 Å². The lowest BCUT2D eigenvalue weighted by Gasteiger charge is -2.43. The van der Waals surface area contributed by atoms with Gasteiger partial charge in [-0.3, -0.25) is 0 Å². The third kappa shape index (κ3) is 6.04. The highest BCUT2D eigenvalue weighted by atomic mass is 28.4. The van der Waals surface area contributed by atoms with E-state index >= 15 is 4.39 Å². The van der Waals surface area contributed by atoms with Crippen molar-refractivity contribution in [3.63, 3.8) is 0 Å². The SMILES string of the molecule is CC(C)[Si](O[C@H]1O[C@H](COC(=O)c2ccccc2)[C@@H](OC(=O)c2ccccc2)[C@@H]1F)(C(C)C)C(C)C. The number of esters is 2. The smallest absolute Gasteiger partial charge is 0.338 e. The fourth-order valence-electron chi connectivity index (χ4n) is 5.24. The van der Waals surface area contributed by atoms with Gasteiger partial charge in [0, 0.05) is 0 Å². The van der Waals surface area contributed by atoms with Crippen LogP contribution < -0.4 is 0 Å². The van der Waals surface area contributed by atoms with Gasteiger partial charge in [0.1, 0.15) is 12.7 Å². The molecule has 0 N–H and O–H groups in total. The van der Waals surface area contributed by atoms with Crippen molar-refractivity contribution < 1.29 is 32.6 Å². The Morgan fingerprint density at radius 1 is 0.833 bits per heavy atom. The summed E-state index contributed by atoms with van der Waals surface area (Å²) in [5.74, 6) is -1.24. The Morgan fingerprint density at radius 3 is 1.78 bits per heavy atom. The highest BCUT2D eigenvalue weighted by Gasteiger charge is 2.55. The number of halogens is 1. The summed E-state index contributed by atoms with van der Waals surface area (Å²) in [5.41, 5.74) is 1.27. The van der Waals surface area contributed by atoms with E-state index in [2.05, 4.69) is 41.5 Å². The predicted octanol–water partition coefficient (Wildman–Crippen LogP) is 6.32. The molecule has 0 radical (unpaired) electrons. The zero-order valence-electron chi connectivity index (χ0n) is 21.8. The lowest BCUT2D eigenvalue weighted by atomic mass is 10.1. The molecule has 36 heavy (non-hydrogen) atoms. The van der Waals surface area contributed by atoms with Crippen LogP contribution in [-0.4, -0.2) is 51.5 Å². The maximum atomic E-state index is 15.9. The molecule has 1 saturated heterocycles. The molecule has 0 aliphatic carbocycles. The van der Waals surface area contributed by atoms with E-state index in [1.165, 1.54) is 0 Å². The summed E-state index contributed by atoms with van der Waals surface area (Å²) in [5, 5.41) is 0. The summed E-state index contributed by atoms with van der Waals surface area (Å²) in [7, 11) is -2.51. The second kappa shape index (κ2) is 12.1. The van der Waals surface area contributed by atoms with Gasteiger partial charge >= 0.3 is 11.9 Å². The van der Waals surface area contributed by atoms with Gasteiger partial charge in [-0.05, 0) is 40.9 Å². The zero-order valence-corrected chi connectivity index (χ0v) is 22.8. The van der Waals surface area contributed by atoms with E-state index in [4.69, 9.17) is 18.6 Å². The van der Waals surface area contributed by atoms with E-state index in [1.807, 2.05) is 0 Å². The van der Waals surface area contributed by atoms with Crippen LogP contribution in [0, 0.1) is 0 Å². The maximum absolute atomic E-state index is 15.9. The Balaban J connectivity index is 1.83. The van der Waals surface area contributed by atoms with Crippen molar-refractivity contribution in [3.05, 3.63) is 71.8 Å². The molecular weight excluding hydrogens is 479 g/mol. The molecule has 1 aliphatic rings. The van der Waals surface area contributed by atoms with Crippen LogP contribution in [0.25, 0.3) is 0 Å². The fraction of sp³-hybridized carbons (Fsp3) is 0.500. The first-order valence-electron chi connectivity index (χ1n) is 12.5. The number of hydrogen-bond donors (Lipinski definition) is 0. The van der Waals surface area contributed by atoms with Crippen molar-refractivity contribution in [2.75, 3.05) is 6.61 Å². The van der Waals surface area contributed by atoms with Crippen LogP contribution >= 0.6 is 0 Å². The Kier molecular flexibility index (Phi) is 9.44. The summed E-state index contributed by atoms with van der Waals surface area (Å²) in [6.45, 7) is 12.3. The molecule has 0 bridgehead atoms. The first-order valence-corrected chi connectivity index (χ1v) is 14.7. The first kappa shape index (κ1) is 28.0. The number of carbonyl (C=O) groups excluding carboxylic acids is 2. The molecule has 0 unspecified atom stereocenters. The highest BCUT2D eigenvalue weighted by molar-refractivity contribution is 6.77. The number of benzene rings is 2. The first-order chi connectivity index (χ1) is 17.1. The molecule has 8 heteroatoms. The fourth-order valence-corrected chi connectivity index (χ4v) is 10.6. The Labute approximate surface area is 214 Å². The van der Waals surface area contributed by atoms with E-state index in [0.29, 0.717) is 11.1 Å². The minimum absolute atomic E-state index is 0.202. The average molecular weight is 517 g/mol. The van der Waals surface area contributed by atoms with Crippen molar-refractivity contribution in [2.24, 2.45) is 0 Å². The van der Waals surface area contributed by atoms with Crippen molar-refractivity contribution >= 4 is 20.3 Å². The van der Waals surface area contributed by atoms with Crippen LogP contribution in [0.2, 0.25) is 16.6 Å². The maximum Gasteiger partial charge on any atom is 0.338 e. The van der Waals surface area contributed by atoms with Gasteiger partial charge in [-0.25, -0.2) is 14.0 Å². The lowest BCUT2D eigenvalue weighted by molar-refractivity contribution is -0.115. The number of hydrogen-bond acceptors (Lipinski definition) is 6. The molecule has 0 saturated carbocycles. The molecule has 1 heterocycles. The molecule has 0 spiro atoms. The van der Waals surface area contributed by atoms with Gasteiger partial charge in [0.25, 0.3) is 0 Å². The standard InChI is InChI=1S/C28H37FO6Si/c1-18(2)36(19(3)4,20(5)6)35-28-24(29)25(34-27(31)22-15-11-8-12-16-22)23(33-28)17-32-26(30)21-13-9-7-10-14-21/h7-16,18-20,23-25,28H,17H2,1-6H3/t23-,24+,25-,28-/m1/s1. The van der Waals surface area contributed by atoms with Crippen molar-refractivity contribution in [1.29, 1.82) is 0 Å². The average Bonchev–Trinajstić information content (AvgIpc) is 3.15.